The van der Waals surface area contributed by atoms with Crippen LogP contribution in [0.1, 0.15) is 84.1 Å². The summed E-state index contributed by atoms with van der Waals surface area (Å²) in [5, 5.41) is 5.45. The van der Waals surface area contributed by atoms with Gasteiger partial charge >= 0.3 is 25.8 Å². The molecule has 0 atom stereocenters. The monoisotopic (exact) mass is 844 g/mol. The Hall–Kier alpha value is -2.45. The molecule has 0 saturated carbocycles. The molecule has 0 spiro atoms. The van der Waals surface area contributed by atoms with E-state index in [1.54, 1.807) is 0 Å². The first-order chi connectivity index (χ1) is 21.4. The third-order valence-corrected chi connectivity index (χ3v) is 8.56. The first kappa shape index (κ1) is 43.6. The Kier molecular flexibility index (Phi) is 17.3. The Labute approximate surface area is 323 Å². The van der Waals surface area contributed by atoms with Crippen LogP contribution in [0.3, 0.4) is 0 Å². The number of halogens is 2. The molecule has 0 nitrogen and oxygen atoms in total. The van der Waals surface area contributed by atoms with Gasteiger partial charge in [0.05, 0.1) is 0 Å². The average molecular weight is 844 g/mol. The van der Waals surface area contributed by atoms with Gasteiger partial charge in [-0.05, 0) is 45.9 Å². The first-order valence-electron chi connectivity index (χ1n) is 16.6. The third-order valence-electron chi connectivity index (χ3n) is 8.56. The molecule has 0 fully saturated rings. The van der Waals surface area contributed by atoms with Crippen LogP contribution in [-0.4, -0.2) is 0 Å². The van der Waals surface area contributed by atoms with E-state index in [0.717, 1.165) is 19.3 Å². The van der Waals surface area contributed by atoms with Crippen molar-refractivity contribution in [2.24, 2.45) is 0 Å². The molecule has 48 heavy (non-hydrogen) atoms. The smallest absolute Gasteiger partial charge is 0.372 e. The first-order valence-corrected chi connectivity index (χ1v) is 16.6. The van der Waals surface area contributed by atoms with Crippen LogP contribution in [0.4, 0.5) is 0 Å². The molecule has 6 rings (SSSR count). The fraction of sp³-hybridized carbons (Fsp3) is 0.289. The molecule has 0 aliphatic heterocycles. The van der Waals surface area contributed by atoms with Crippen molar-refractivity contribution in [2.75, 3.05) is 0 Å². The molecular formula is C45H54Cl2Hf. The topological polar surface area (TPSA) is 0 Å². The minimum atomic E-state index is 0. The van der Waals surface area contributed by atoms with E-state index >= 15 is 0 Å². The van der Waals surface area contributed by atoms with Gasteiger partial charge in [-0.2, -0.15) is 12.1 Å². The summed E-state index contributed by atoms with van der Waals surface area (Å²) >= 11 is 0. The van der Waals surface area contributed by atoms with Gasteiger partial charge in [0, 0.05) is 0 Å². The minimum Gasteiger partial charge on any atom is -0.372 e. The maximum atomic E-state index is 3.38. The summed E-state index contributed by atoms with van der Waals surface area (Å²) in [6, 6.07) is 40.6. The van der Waals surface area contributed by atoms with Gasteiger partial charge in [-0.1, -0.05) is 127 Å². The van der Waals surface area contributed by atoms with Gasteiger partial charge in [-0.3, -0.25) is 0 Å². The predicted octanol–water partition coefficient (Wildman–Crippen LogP) is 14.1. The fourth-order valence-electron chi connectivity index (χ4n) is 5.80. The zero-order chi connectivity index (χ0) is 32.8. The summed E-state index contributed by atoms with van der Waals surface area (Å²) in [5.41, 5.74) is 11.3. The molecule has 0 aromatic heterocycles. The van der Waals surface area contributed by atoms with Crippen LogP contribution in [-0.2, 0) is 49.5 Å². The van der Waals surface area contributed by atoms with Crippen LogP contribution < -0.4 is 0 Å². The molecule has 0 N–H and O–H groups in total. The zero-order valence-corrected chi connectivity index (χ0v) is 35.5. The zero-order valence-electron chi connectivity index (χ0n) is 30.2. The van der Waals surface area contributed by atoms with Crippen molar-refractivity contribution in [3.63, 3.8) is 0 Å². The van der Waals surface area contributed by atoms with Crippen molar-refractivity contribution in [1.82, 2.24) is 0 Å². The molecule has 0 saturated heterocycles. The van der Waals surface area contributed by atoms with E-state index in [0.29, 0.717) is 0 Å². The van der Waals surface area contributed by atoms with E-state index < -0.39 is 0 Å². The van der Waals surface area contributed by atoms with Crippen LogP contribution in [0.25, 0.3) is 43.8 Å². The standard InChI is InChI=1S/2C21H23.C3H6.2ClH.Hf/c2*1-5-15-13-17-7-6-8-19(20(17)14-15)16-9-11-18(12-10-16)21(2,3)4;1-3-2;;;/h2*6-14H,5H2,1-4H3;1-3H2;2*1H;/q2*-1;-2;;;+4. The maximum Gasteiger partial charge on any atom is 4.00 e. The summed E-state index contributed by atoms with van der Waals surface area (Å²) in [7, 11) is 0. The summed E-state index contributed by atoms with van der Waals surface area (Å²) in [6.07, 6.45) is 2.94. The number of benzene rings is 4. The van der Waals surface area contributed by atoms with Crippen molar-refractivity contribution in [3.8, 4) is 22.3 Å². The molecule has 6 aromatic carbocycles. The minimum absolute atomic E-state index is 0. The summed E-state index contributed by atoms with van der Waals surface area (Å²) in [6.45, 7) is 24.7. The fourth-order valence-corrected chi connectivity index (χ4v) is 5.80. The van der Waals surface area contributed by atoms with E-state index in [4.69, 9.17) is 0 Å². The molecule has 0 aliphatic carbocycles. The number of hydrogen-bond donors (Lipinski definition) is 0. The maximum absolute atomic E-state index is 3.38. The molecule has 252 valence electrons. The van der Waals surface area contributed by atoms with Crippen LogP contribution in [0.2, 0.25) is 0 Å². The van der Waals surface area contributed by atoms with Crippen molar-refractivity contribution >= 4 is 46.4 Å². The van der Waals surface area contributed by atoms with E-state index in [-0.39, 0.29) is 61.5 Å². The summed E-state index contributed by atoms with van der Waals surface area (Å²) < 4.78 is 0. The number of fused-ring (bicyclic) bond motifs is 2. The molecule has 0 bridgehead atoms. The van der Waals surface area contributed by atoms with E-state index in [1.165, 1.54) is 66.1 Å². The quantitative estimate of drug-likeness (QED) is 0.123. The second-order valence-electron chi connectivity index (χ2n) is 14.1. The SMILES string of the molecule is CCc1cc2c(-c3ccc(C(C)(C)C)cc3)cccc2[cH-]1.CCc1cc2c(-c3ccc(C(C)(C)C)cc3)cccc2[cH-]1.Cl.Cl.[CH2-]C[CH2-].[Hf+4]. The molecule has 0 heterocycles. The normalized spacial score (nSPS) is 10.9. The van der Waals surface area contributed by atoms with E-state index in [2.05, 4.69) is 178 Å². The Morgan fingerprint density at radius 1 is 0.521 bits per heavy atom. The van der Waals surface area contributed by atoms with Crippen LogP contribution in [0, 0.1) is 13.8 Å². The number of aryl methyl sites for hydroxylation is 2. The largest absolute Gasteiger partial charge is 4.00 e. The van der Waals surface area contributed by atoms with Crippen LogP contribution in [0.5, 0.6) is 0 Å². The average Bonchev–Trinajstić information content (AvgIpc) is 3.65. The molecular weight excluding hydrogens is 790 g/mol. The van der Waals surface area contributed by atoms with Crippen molar-refractivity contribution < 1.29 is 25.8 Å². The molecule has 0 amide bonds. The predicted molar refractivity (Wildman–Crippen MR) is 216 cm³/mol. The van der Waals surface area contributed by atoms with Crippen molar-refractivity contribution in [1.29, 1.82) is 0 Å². The Morgan fingerprint density at radius 2 is 0.833 bits per heavy atom. The Bertz CT molecular complexity index is 1670. The van der Waals surface area contributed by atoms with Gasteiger partial charge in [-0.15, -0.1) is 93.9 Å². The van der Waals surface area contributed by atoms with Gasteiger partial charge in [0.1, 0.15) is 0 Å². The van der Waals surface area contributed by atoms with E-state index in [1.807, 2.05) is 0 Å². The van der Waals surface area contributed by atoms with Crippen LogP contribution in [0.15, 0.2) is 109 Å². The van der Waals surface area contributed by atoms with Gasteiger partial charge in [0.15, 0.2) is 0 Å². The van der Waals surface area contributed by atoms with Crippen LogP contribution >= 0.6 is 24.8 Å². The Morgan fingerprint density at radius 3 is 1.10 bits per heavy atom. The molecule has 0 unspecified atom stereocenters. The molecule has 0 radical (unpaired) electrons. The Balaban J connectivity index is 0.000000420. The summed E-state index contributed by atoms with van der Waals surface area (Å²) in [5.74, 6) is 0. The number of rotatable bonds is 4. The van der Waals surface area contributed by atoms with Gasteiger partial charge in [0.2, 0.25) is 0 Å². The van der Waals surface area contributed by atoms with E-state index in [9.17, 15) is 0 Å². The molecule has 0 aliphatic rings. The second-order valence-corrected chi connectivity index (χ2v) is 14.1. The third kappa shape index (κ3) is 10.8. The molecule has 3 heteroatoms. The number of hydrogen-bond acceptors (Lipinski definition) is 0. The summed E-state index contributed by atoms with van der Waals surface area (Å²) in [4.78, 5) is 0. The van der Waals surface area contributed by atoms with Gasteiger partial charge < -0.3 is 20.3 Å². The van der Waals surface area contributed by atoms with Crippen molar-refractivity contribution in [2.45, 2.75) is 85.5 Å². The van der Waals surface area contributed by atoms with Gasteiger partial charge in [-0.25, -0.2) is 0 Å². The van der Waals surface area contributed by atoms with Crippen molar-refractivity contribution in [3.05, 3.63) is 145 Å². The second kappa shape index (κ2) is 19.1. The van der Waals surface area contributed by atoms with Gasteiger partial charge in [0.25, 0.3) is 0 Å². The molecule has 6 aromatic rings.